The lowest BCUT2D eigenvalue weighted by molar-refractivity contribution is 0.765. The minimum absolute atomic E-state index is 0.426. The first-order chi connectivity index (χ1) is 5.79. The number of hydrogen-bond donors (Lipinski definition) is 3. The second kappa shape index (κ2) is 3.91. The minimum atomic E-state index is 0.426. The second-order valence-corrected chi connectivity index (χ2v) is 1.78. The van der Waals surface area contributed by atoms with Crippen molar-refractivity contribution in [3.63, 3.8) is 0 Å². The van der Waals surface area contributed by atoms with Crippen molar-refractivity contribution < 1.29 is 0 Å². The summed E-state index contributed by atoms with van der Waals surface area (Å²) in [6.07, 6.45) is 4.58. The largest absolute Gasteiger partial charge is 0.381 e. The monoisotopic (exact) mass is 168 g/mol. The topological polar surface area (TPSA) is 124 Å². The number of aromatic nitrogens is 6. The average molecular weight is 168 g/mol. The fraction of sp³-hybridized carbons (Fsp3) is 0. The number of nitrogens with zero attached hydrogens (tertiary/aromatic N) is 5. The van der Waals surface area contributed by atoms with Crippen LogP contribution in [-0.4, -0.2) is 30.5 Å². The van der Waals surface area contributed by atoms with Gasteiger partial charge < -0.3 is 11.6 Å². The second-order valence-electron chi connectivity index (χ2n) is 1.78. The number of anilines is 1. The Morgan fingerprint density at radius 1 is 1.50 bits per heavy atom. The molecule has 0 aliphatic carbocycles. The first-order valence-corrected chi connectivity index (χ1v) is 3.02. The van der Waals surface area contributed by atoms with Crippen LogP contribution in [-0.2, 0) is 0 Å². The highest BCUT2D eigenvalue weighted by molar-refractivity contribution is 5.18. The number of H-pyrrole nitrogens is 1. The summed E-state index contributed by atoms with van der Waals surface area (Å²) in [5, 5.41) is 15.9. The minimum Gasteiger partial charge on any atom is -0.381 e. The van der Waals surface area contributed by atoms with Gasteiger partial charge in [-0.05, 0) is 5.21 Å². The van der Waals surface area contributed by atoms with Crippen LogP contribution in [0.5, 0.6) is 0 Å². The third-order valence-corrected chi connectivity index (χ3v) is 0.877. The molecule has 0 unspecified atom stereocenters. The Kier molecular flexibility index (Phi) is 2.60. The lowest BCUT2D eigenvalue weighted by Gasteiger charge is -1.76. The van der Waals surface area contributed by atoms with Crippen LogP contribution in [0.2, 0.25) is 0 Å². The number of nitrogens with one attached hydrogen (secondary N) is 1. The van der Waals surface area contributed by atoms with E-state index in [4.69, 9.17) is 11.6 Å². The van der Waals surface area contributed by atoms with Crippen LogP contribution in [0.1, 0.15) is 0 Å². The normalized spacial score (nSPS) is 8.67. The summed E-state index contributed by atoms with van der Waals surface area (Å²) in [4.78, 5) is 1.14. The molecular formula is C4H8N8. The van der Waals surface area contributed by atoms with Gasteiger partial charge in [-0.1, -0.05) is 5.21 Å². The molecule has 0 spiro atoms. The molecule has 2 aromatic rings. The van der Waals surface area contributed by atoms with Crippen molar-refractivity contribution in [1.29, 1.82) is 0 Å². The molecule has 0 aliphatic rings. The zero-order valence-corrected chi connectivity index (χ0v) is 6.12. The molecule has 0 radical (unpaired) electrons. The molecular weight excluding hydrogens is 160 g/mol. The van der Waals surface area contributed by atoms with Gasteiger partial charge in [0.05, 0.1) is 18.6 Å². The van der Waals surface area contributed by atoms with E-state index in [0.29, 0.717) is 5.82 Å². The van der Waals surface area contributed by atoms with E-state index in [9.17, 15) is 0 Å². The third kappa shape index (κ3) is 2.64. The van der Waals surface area contributed by atoms with Gasteiger partial charge >= 0.3 is 0 Å². The van der Waals surface area contributed by atoms with E-state index in [0.717, 1.165) is 4.79 Å². The average Bonchev–Trinajstić information content (AvgIpc) is 2.63. The van der Waals surface area contributed by atoms with E-state index >= 15 is 0 Å². The number of rotatable bonds is 0. The maximum atomic E-state index is 5.07. The van der Waals surface area contributed by atoms with Crippen molar-refractivity contribution in [3.05, 3.63) is 18.6 Å². The summed E-state index contributed by atoms with van der Waals surface area (Å²) in [6.45, 7) is 0. The predicted octanol–water partition coefficient (Wildman–Crippen LogP) is -1.62. The van der Waals surface area contributed by atoms with E-state index in [-0.39, 0.29) is 0 Å². The van der Waals surface area contributed by atoms with E-state index in [1.165, 1.54) is 12.4 Å². The highest BCUT2D eigenvalue weighted by Crippen LogP contribution is 1.81. The Hall–Kier alpha value is -2.12. The van der Waals surface area contributed by atoms with Crippen LogP contribution < -0.4 is 11.6 Å². The lowest BCUT2D eigenvalue weighted by atomic mass is 10.8. The van der Waals surface area contributed by atoms with Gasteiger partial charge in [-0.2, -0.15) is 4.79 Å². The van der Waals surface area contributed by atoms with E-state index < -0.39 is 0 Å². The third-order valence-electron chi connectivity index (χ3n) is 0.877. The van der Waals surface area contributed by atoms with Crippen molar-refractivity contribution in [2.24, 2.45) is 0 Å². The van der Waals surface area contributed by atoms with Gasteiger partial charge in [0, 0.05) is 0 Å². The van der Waals surface area contributed by atoms with Crippen LogP contribution in [0.3, 0.4) is 0 Å². The molecule has 0 saturated carbocycles. The van der Waals surface area contributed by atoms with Gasteiger partial charge in [0.2, 0.25) is 0 Å². The number of nitrogen functional groups attached to an aromatic ring is 2. The number of hydrogen-bond acceptors (Lipinski definition) is 6. The van der Waals surface area contributed by atoms with Crippen LogP contribution >= 0.6 is 0 Å². The molecule has 5 N–H and O–H groups in total. The van der Waals surface area contributed by atoms with Gasteiger partial charge in [-0.15, -0.1) is 10.2 Å². The zero-order chi connectivity index (χ0) is 8.81. The molecule has 0 amide bonds. The van der Waals surface area contributed by atoms with Crippen LogP contribution in [0.4, 0.5) is 5.82 Å². The molecule has 2 heterocycles. The fourth-order valence-corrected chi connectivity index (χ4v) is 0.428. The van der Waals surface area contributed by atoms with Crippen molar-refractivity contribution in [2.45, 2.75) is 0 Å². The quantitative estimate of drug-likeness (QED) is 0.406. The molecule has 0 aromatic carbocycles. The molecule has 2 aromatic heterocycles. The van der Waals surface area contributed by atoms with Crippen LogP contribution in [0.25, 0.3) is 0 Å². The zero-order valence-electron chi connectivity index (χ0n) is 6.12. The highest BCUT2D eigenvalue weighted by atomic mass is 15.5. The van der Waals surface area contributed by atoms with Gasteiger partial charge in [0.25, 0.3) is 0 Å². The molecule has 0 fully saturated rings. The summed E-state index contributed by atoms with van der Waals surface area (Å²) in [7, 11) is 0. The Bertz CT molecular complexity index is 250. The molecule has 2 rings (SSSR count). The lowest BCUT2D eigenvalue weighted by Crippen LogP contribution is -2.07. The van der Waals surface area contributed by atoms with Crippen molar-refractivity contribution in [1.82, 2.24) is 30.5 Å². The summed E-state index contributed by atoms with van der Waals surface area (Å²) in [5.74, 6) is 5.45. The van der Waals surface area contributed by atoms with Gasteiger partial charge in [0.1, 0.15) is 0 Å². The number of nitrogens with two attached hydrogens (primary N) is 2. The van der Waals surface area contributed by atoms with E-state index in [2.05, 4.69) is 25.7 Å². The van der Waals surface area contributed by atoms with Crippen LogP contribution in [0.15, 0.2) is 18.6 Å². The molecule has 0 bridgehead atoms. The fourth-order valence-electron chi connectivity index (χ4n) is 0.428. The number of aromatic amines is 1. The first-order valence-electron chi connectivity index (χ1n) is 3.02. The highest BCUT2D eigenvalue weighted by Gasteiger charge is 1.76. The molecule has 8 nitrogen and oxygen atoms in total. The van der Waals surface area contributed by atoms with Crippen LogP contribution in [0, 0.1) is 0 Å². The standard InChI is InChI=1S/2C2H4N4/c3-6-2-1-4-5-6;3-2-1-4-6-5-2/h1-2H,3H2;1H,(H3,3,4,5,6). The Balaban J connectivity index is 0.000000120. The summed E-state index contributed by atoms with van der Waals surface area (Å²) < 4.78 is 0. The van der Waals surface area contributed by atoms with Crippen molar-refractivity contribution >= 4 is 5.82 Å². The Morgan fingerprint density at radius 3 is 2.50 bits per heavy atom. The van der Waals surface area contributed by atoms with Gasteiger partial charge in [-0.3, -0.25) is 5.10 Å². The van der Waals surface area contributed by atoms with E-state index in [1.807, 2.05) is 0 Å². The smallest absolute Gasteiger partial charge is 0.165 e. The summed E-state index contributed by atoms with van der Waals surface area (Å²) in [5.41, 5.74) is 5.07. The Morgan fingerprint density at radius 2 is 2.33 bits per heavy atom. The van der Waals surface area contributed by atoms with Gasteiger partial charge in [-0.25, -0.2) is 0 Å². The first kappa shape index (κ1) is 7.98. The molecule has 0 aliphatic heterocycles. The molecule has 8 heteroatoms. The van der Waals surface area contributed by atoms with E-state index in [1.54, 1.807) is 6.20 Å². The molecule has 0 saturated heterocycles. The van der Waals surface area contributed by atoms with Crippen molar-refractivity contribution in [3.8, 4) is 0 Å². The van der Waals surface area contributed by atoms with Crippen molar-refractivity contribution in [2.75, 3.05) is 11.6 Å². The summed E-state index contributed by atoms with van der Waals surface area (Å²) in [6, 6.07) is 0. The SMILES string of the molecule is Nc1c[nH]nn1.Nn1ccnn1. The maximum Gasteiger partial charge on any atom is 0.165 e. The van der Waals surface area contributed by atoms with Gasteiger partial charge in [0.15, 0.2) is 5.82 Å². The summed E-state index contributed by atoms with van der Waals surface area (Å²) >= 11 is 0. The molecule has 0 atom stereocenters. The molecule has 64 valence electrons. The Labute approximate surface area is 67.5 Å². The molecule has 12 heavy (non-hydrogen) atoms. The maximum absolute atomic E-state index is 5.07. The predicted molar refractivity (Wildman–Crippen MR) is 41.0 cm³/mol.